The van der Waals surface area contributed by atoms with Crippen molar-refractivity contribution < 1.29 is 9.90 Å². The molecule has 5 heteroatoms. The third-order valence-corrected chi connectivity index (χ3v) is 1.03. The minimum atomic E-state index is -0.838. The Balaban J connectivity index is -0.000000177. The minimum absolute atomic E-state index is 0. The van der Waals surface area contributed by atoms with Gasteiger partial charge in [0.25, 0.3) is 0 Å². The van der Waals surface area contributed by atoms with Gasteiger partial charge in [0, 0.05) is 13.1 Å². The number of nitrogens with zero attached hydrogens (tertiary/aromatic N) is 1. The molecule has 0 unspecified atom stereocenters. The number of carbonyl (C=O) groups is 1. The summed E-state index contributed by atoms with van der Waals surface area (Å²) in [6.07, 6.45) is -0.838. The van der Waals surface area contributed by atoms with E-state index in [1.807, 2.05) is 20.8 Å². The molecule has 0 heterocycles. The summed E-state index contributed by atoms with van der Waals surface area (Å²) in [5, 5.41) is 8.30. The zero-order valence-corrected chi connectivity index (χ0v) is 8.21. The molecule has 76 valence electrons. The first-order valence-electron chi connectivity index (χ1n) is 3.81. The van der Waals surface area contributed by atoms with Crippen LogP contribution in [-0.4, -0.2) is 35.7 Å². The molecule has 0 bridgehead atoms. The molecule has 0 spiro atoms. The molecule has 0 aliphatic rings. The fourth-order valence-electron chi connectivity index (χ4n) is 0.494. The van der Waals surface area contributed by atoms with E-state index >= 15 is 0 Å². The van der Waals surface area contributed by atoms with Crippen molar-refractivity contribution >= 4 is 6.09 Å². The molecule has 0 atom stereocenters. The van der Waals surface area contributed by atoms with Crippen LogP contribution in [-0.2, 0) is 0 Å². The second-order valence-electron chi connectivity index (χ2n) is 1.86. The first-order chi connectivity index (χ1) is 5.13. The average molecular weight is 179 g/mol. The predicted octanol–water partition coefficient (Wildman–Crippen LogP) is 1.13. The molecule has 0 aromatic heterocycles. The van der Waals surface area contributed by atoms with Crippen LogP contribution in [0.5, 0.6) is 0 Å². The SMILES string of the molecule is CCN.CCN(CC)C(=O)O.N. The van der Waals surface area contributed by atoms with Gasteiger partial charge in [0.1, 0.15) is 0 Å². The predicted molar refractivity (Wildman–Crippen MR) is 50.7 cm³/mol. The molecule has 5 nitrogen and oxygen atoms in total. The maximum Gasteiger partial charge on any atom is 0.407 e. The smallest absolute Gasteiger partial charge is 0.407 e. The second kappa shape index (κ2) is 12.8. The van der Waals surface area contributed by atoms with Gasteiger partial charge in [-0.25, -0.2) is 4.79 Å². The first kappa shape index (κ1) is 17.3. The van der Waals surface area contributed by atoms with Crippen LogP contribution in [0.25, 0.3) is 0 Å². The summed E-state index contributed by atoms with van der Waals surface area (Å²) in [6, 6.07) is 0. The molecule has 0 aromatic carbocycles. The highest BCUT2D eigenvalue weighted by atomic mass is 16.4. The molecule has 6 N–H and O–H groups in total. The normalized spacial score (nSPS) is 7.33. The Morgan fingerprint density at radius 3 is 1.58 bits per heavy atom. The Labute approximate surface area is 74.1 Å². The van der Waals surface area contributed by atoms with Gasteiger partial charge in [-0.3, -0.25) is 0 Å². The first-order valence-corrected chi connectivity index (χ1v) is 3.81. The van der Waals surface area contributed by atoms with Gasteiger partial charge in [-0.15, -0.1) is 0 Å². The van der Waals surface area contributed by atoms with Crippen molar-refractivity contribution in [3.63, 3.8) is 0 Å². The van der Waals surface area contributed by atoms with Crippen molar-refractivity contribution in [3.05, 3.63) is 0 Å². The molecule has 0 rings (SSSR count). The van der Waals surface area contributed by atoms with Gasteiger partial charge >= 0.3 is 6.09 Å². The number of rotatable bonds is 2. The molecular formula is C7H21N3O2. The highest BCUT2D eigenvalue weighted by Crippen LogP contribution is 1.84. The standard InChI is InChI=1S/C5H11NO2.C2H7N.H3N/c1-3-6(4-2)5(7)8;1-2-3;/h3-4H2,1-2H3,(H,7,8);2-3H2,1H3;1H3. The van der Waals surface area contributed by atoms with E-state index in [1.165, 1.54) is 4.90 Å². The molecule has 0 saturated carbocycles. The number of carboxylic acid groups (broad SMARTS) is 1. The lowest BCUT2D eigenvalue weighted by atomic mass is 10.6. The minimum Gasteiger partial charge on any atom is -0.465 e. The van der Waals surface area contributed by atoms with Gasteiger partial charge in [-0.1, -0.05) is 6.92 Å². The number of amides is 1. The lowest BCUT2D eigenvalue weighted by Gasteiger charge is -2.12. The summed E-state index contributed by atoms with van der Waals surface area (Å²) >= 11 is 0. The molecule has 0 aromatic rings. The highest BCUT2D eigenvalue weighted by Gasteiger charge is 2.02. The van der Waals surface area contributed by atoms with Gasteiger partial charge < -0.3 is 21.9 Å². The maximum atomic E-state index is 10.1. The largest absolute Gasteiger partial charge is 0.465 e. The lowest BCUT2D eigenvalue weighted by Crippen LogP contribution is -2.28. The number of hydrogen-bond donors (Lipinski definition) is 3. The summed E-state index contributed by atoms with van der Waals surface area (Å²) in [5.41, 5.74) is 4.85. The van der Waals surface area contributed by atoms with Crippen LogP contribution in [0.15, 0.2) is 0 Å². The maximum absolute atomic E-state index is 10.1. The van der Waals surface area contributed by atoms with Crippen LogP contribution >= 0.6 is 0 Å². The number of hydrogen-bond acceptors (Lipinski definition) is 3. The zero-order valence-electron chi connectivity index (χ0n) is 8.21. The Morgan fingerprint density at radius 2 is 1.58 bits per heavy atom. The van der Waals surface area contributed by atoms with Crippen molar-refractivity contribution in [2.75, 3.05) is 19.6 Å². The van der Waals surface area contributed by atoms with E-state index in [9.17, 15) is 4.79 Å². The molecule has 0 saturated heterocycles. The van der Waals surface area contributed by atoms with Crippen LogP contribution in [0.4, 0.5) is 4.79 Å². The molecule has 1 amide bonds. The molecule has 0 fully saturated rings. The molecule has 0 aliphatic carbocycles. The summed E-state index contributed by atoms with van der Waals surface area (Å²) in [5.74, 6) is 0. The van der Waals surface area contributed by atoms with E-state index in [0.29, 0.717) is 13.1 Å². The van der Waals surface area contributed by atoms with Crippen molar-refractivity contribution in [1.29, 1.82) is 0 Å². The van der Waals surface area contributed by atoms with Crippen LogP contribution in [0.2, 0.25) is 0 Å². The van der Waals surface area contributed by atoms with E-state index < -0.39 is 6.09 Å². The van der Waals surface area contributed by atoms with E-state index in [1.54, 1.807) is 0 Å². The fourth-order valence-corrected chi connectivity index (χ4v) is 0.494. The molecule has 0 aliphatic heterocycles. The van der Waals surface area contributed by atoms with Gasteiger partial charge in [0.2, 0.25) is 0 Å². The highest BCUT2D eigenvalue weighted by molar-refractivity contribution is 5.64. The van der Waals surface area contributed by atoms with Crippen LogP contribution in [0.1, 0.15) is 20.8 Å². The van der Waals surface area contributed by atoms with Gasteiger partial charge in [0.15, 0.2) is 0 Å². The average Bonchev–Trinajstić information content (AvgIpc) is 1.91. The van der Waals surface area contributed by atoms with E-state index in [2.05, 4.69) is 0 Å². The zero-order chi connectivity index (χ0) is 9.28. The molecule has 0 radical (unpaired) electrons. The summed E-state index contributed by atoms with van der Waals surface area (Å²) < 4.78 is 0. The van der Waals surface area contributed by atoms with Crippen LogP contribution < -0.4 is 11.9 Å². The Kier molecular flexibility index (Phi) is 18.5. The summed E-state index contributed by atoms with van der Waals surface area (Å²) in [6.45, 7) is 7.44. The van der Waals surface area contributed by atoms with Gasteiger partial charge in [-0.2, -0.15) is 0 Å². The Bertz CT molecular complexity index is 94.7. The summed E-state index contributed by atoms with van der Waals surface area (Å²) in [7, 11) is 0. The van der Waals surface area contributed by atoms with E-state index in [0.717, 1.165) is 6.54 Å². The molecule has 12 heavy (non-hydrogen) atoms. The van der Waals surface area contributed by atoms with Crippen LogP contribution in [0, 0.1) is 0 Å². The van der Waals surface area contributed by atoms with Crippen molar-refractivity contribution in [1.82, 2.24) is 11.1 Å². The number of nitrogens with two attached hydrogens (primary N) is 1. The second-order valence-corrected chi connectivity index (χ2v) is 1.86. The van der Waals surface area contributed by atoms with Crippen molar-refractivity contribution in [3.8, 4) is 0 Å². The van der Waals surface area contributed by atoms with Gasteiger partial charge in [-0.05, 0) is 20.4 Å². The topological polar surface area (TPSA) is 102 Å². The lowest BCUT2D eigenvalue weighted by molar-refractivity contribution is 0.150. The fraction of sp³-hybridized carbons (Fsp3) is 0.857. The molecular weight excluding hydrogens is 158 g/mol. The van der Waals surface area contributed by atoms with Gasteiger partial charge in [0.05, 0.1) is 0 Å². The van der Waals surface area contributed by atoms with Crippen LogP contribution in [0.3, 0.4) is 0 Å². The quantitative estimate of drug-likeness (QED) is 0.591. The van der Waals surface area contributed by atoms with Crippen molar-refractivity contribution in [2.24, 2.45) is 5.73 Å². The van der Waals surface area contributed by atoms with Crippen molar-refractivity contribution in [2.45, 2.75) is 20.8 Å². The Hall–Kier alpha value is -0.810. The monoisotopic (exact) mass is 179 g/mol. The Morgan fingerprint density at radius 1 is 1.33 bits per heavy atom. The van der Waals surface area contributed by atoms with E-state index in [4.69, 9.17) is 10.8 Å². The summed E-state index contributed by atoms with van der Waals surface area (Å²) in [4.78, 5) is 11.4. The third kappa shape index (κ3) is 11.9. The third-order valence-electron chi connectivity index (χ3n) is 1.03. The van der Waals surface area contributed by atoms with E-state index in [-0.39, 0.29) is 6.15 Å².